The van der Waals surface area contributed by atoms with Gasteiger partial charge in [0.2, 0.25) is 5.91 Å². The number of aromatic nitrogens is 2. The lowest BCUT2D eigenvalue weighted by atomic mass is 10.1. The van der Waals surface area contributed by atoms with Crippen molar-refractivity contribution in [3.8, 4) is 0 Å². The van der Waals surface area contributed by atoms with Crippen molar-refractivity contribution in [3.05, 3.63) is 160 Å². The van der Waals surface area contributed by atoms with E-state index in [1.807, 2.05) is 91.0 Å². The number of imidazole rings is 1. The van der Waals surface area contributed by atoms with E-state index in [2.05, 4.69) is 80.1 Å². The summed E-state index contributed by atoms with van der Waals surface area (Å²) in [6.07, 6.45) is 0. The minimum Gasteiger partial charge on any atom is -0.371 e. The number of fused-ring (bicyclic) bond motifs is 3. The number of anilines is 1. The van der Waals surface area contributed by atoms with Crippen LogP contribution in [0.4, 0.5) is 5.69 Å². The molecule has 0 unspecified atom stereocenters. The summed E-state index contributed by atoms with van der Waals surface area (Å²) in [5.41, 5.74) is 5.99. The molecule has 4 heterocycles. The first-order chi connectivity index (χ1) is 27.6. The number of carbonyl (C=O) groups is 1. The fraction of sp³-hybridized carbons (Fsp3) is 0.214. The molecule has 0 aliphatic carbocycles. The highest BCUT2D eigenvalue weighted by Crippen LogP contribution is 2.35. The van der Waals surface area contributed by atoms with E-state index in [1.165, 1.54) is 0 Å². The minimum absolute atomic E-state index is 0.0572. The minimum atomic E-state index is -0.120. The van der Waals surface area contributed by atoms with Crippen LogP contribution in [0.3, 0.4) is 0 Å². The van der Waals surface area contributed by atoms with Gasteiger partial charge in [-0.05, 0) is 87.2 Å². The molecule has 3 aliphatic rings. The molecule has 1 amide bonds. The summed E-state index contributed by atoms with van der Waals surface area (Å²) in [4.78, 5) is 20.5. The Kier molecular flexibility index (Phi) is 14.4. The van der Waals surface area contributed by atoms with Gasteiger partial charge in [0.05, 0.1) is 48.6 Å². The largest absolute Gasteiger partial charge is 0.371 e. The van der Waals surface area contributed by atoms with Gasteiger partial charge in [-0.1, -0.05) is 121 Å². The third kappa shape index (κ3) is 10.5. The number of hydrogen-bond donors (Lipinski definition) is 2. The van der Waals surface area contributed by atoms with E-state index in [9.17, 15) is 4.79 Å². The second kappa shape index (κ2) is 19.6. The van der Waals surface area contributed by atoms with Crippen molar-refractivity contribution in [3.63, 3.8) is 0 Å². The van der Waals surface area contributed by atoms with Gasteiger partial charge >= 0.3 is 0 Å². The molecular formula is C42H35Br3Cl3N5O4. The molecular weight excluding hydrogens is 985 g/mol. The van der Waals surface area contributed by atoms with Crippen LogP contribution in [-0.2, 0) is 25.6 Å². The Morgan fingerprint density at radius 3 is 1.98 bits per heavy atom. The summed E-state index contributed by atoms with van der Waals surface area (Å²) in [5, 5.41) is 8.26. The fourth-order valence-electron chi connectivity index (χ4n) is 6.60. The second-order valence-corrected chi connectivity index (χ2v) is 17.0. The SMILES string of the molecule is Clc1ccccc1[C@H]1COCC(Nc2ccc(Br)cc2Br)=N1.Clc1ccccc1[C@H]1COCc2nc3ccc(Br)cc3n21.O=C1COC[C@H](c2ccccc2Cl)N1. The zero-order valence-electron chi connectivity index (χ0n) is 30.1. The van der Waals surface area contributed by atoms with Gasteiger partial charge < -0.3 is 29.4 Å². The zero-order valence-corrected chi connectivity index (χ0v) is 37.1. The van der Waals surface area contributed by atoms with Gasteiger partial charge in [-0.2, -0.15) is 0 Å². The molecule has 15 heteroatoms. The molecule has 9 rings (SSSR count). The van der Waals surface area contributed by atoms with Gasteiger partial charge in [-0.15, -0.1) is 0 Å². The van der Waals surface area contributed by atoms with Gasteiger partial charge in [0.15, 0.2) is 0 Å². The van der Waals surface area contributed by atoms with E-state index >= 15 is 0 Å². The number of benzene rings is 5. The Labute approximate surface area is 370 Å². The predicted molar refractivity (Wildman–Crippen MR) is 238 cm³/mol. The number of amidine groups is 1. The maximum absolute atomic E-state index is 11.1. The molecule has 0 bridgehead atoms. The molecule has 57 heavy (non-hydrogen) atoms. The van der Waals surface area contributed by atoms with Crippen LogP contribution in [0.15, 0.2) is 128 Å². The molecule has 294 valence electrons. The average Bonchev–Trinajstić information content (AvgIpc) is 3.58. The normalized spacial score (nSPS) is 18.9. The van der Waals surface area contributed by atoms with Crippen LogP contribution in [0.25, 0.3) is 11.0 Å². The molecule has 1 saturated heterocycles. The molecule has 2 N–H and O–H groups in total. The number of aliphatic imine (C=N–C) groups is 1. The van der Waals surface area contributed by atoms with Gasteiger partial charge in [0.25, 0.3) is 0 Å². The molecule has 3 atom stereocenters. The van der Waals surface area contributed by atoms with E-state index in [4.69, 9.17) is 54.0 Å². The Morgan fingerprint density at radius 2 is 1.30 bits per heavy atom. The van der Waals surface area contributed by atoms with Crippen LogP contribution in [0.2, 0.25) is 15.1 Å². The first-order valence-corrected chi connectivity index (χ1v) is 21.4. The smallest absolute Gasteiger partial charge is 0.246 e. The maximum atomic E-state index is 11.1. The molecule has 9 nitrogen and oxygen atoms in total. The summed E-state index contributed by atoms with van der Waals surface area (Å²) in [7, 11) is 0. The van der Waals surface area contributed by atoms with Crippen molar-refractivity contribution in [2.45, 2.75) is 24.7 Å². The van der Waals surface area contributed by atoms with Gasteiger partial charge in [0, 0.05) is 28.5 Å². The summed E-state index contributed by atoms with van der Waals surface area (Å²) in [6.45, 7) is 2.76. The predicted octanol–water partition coefficient (Wildman–Crippen LogP) is 11.5. The lowest BCUT2D eigenvalue weighted by molar-refractivity contribution is -0.131. The van der Waals surface area contributed by atoms with E-state index in [-0.39, 0.29) is 30.6 Å². The van der Waals surface area contributed by atoms with Crippen molar-refractivity contribution < 1.29 is 19.0 Å². The highest BCUT2D eigenvalue weighted by molar-refractivity contribution is 9.11. The second-order valence-electron chi connectivity index (χ2n) is 13.1. The van der Waals surface area contributed by atoms with Crippen LogP contribution in [0.5, 0.6) is 0 Å². The lowest BCUT2D eigenvalue weighted by Crippen LogP contribution is -2.39. The average molecular weight is 1020 g/mol. The third-order valence-electron chi connectivity index (χ3n) is 9.24. The Bertz CT molecular complexity index is 2410. The quantitative estimate of drug-likeness (QED) is 0.183. The molecule has 0 radical (unpaired) electrons. The Morgan fingerprint density at radius 1 is 0.684 bits per heavy atom. The Balaban J connectivity index is 0.000000134. The van der Waals surface area contributed by atoms with Crippen LogP contribution in [0.1, 0.15) is 40.6 Å². The molecule has 1 fully saturated rings. The topological polar surface area (TPSA) is 99.0 Å². The maximum Gasteiger partial charge on any atom is 0.246 e. The van der Waals surface area contributed by atoms with Crippen molar-refractivity contribution in [1.82, 2.24) is 14.9 Å². The summed E-state index contributed by atoms with van der Waals surface area (Å²) in [5.74, 6) is 1.64. The fourth-order valence-corrected chi connectivity index (χ4v) is 8.88. The van der Waals surface area contributed by atoms with Crippen molar-refractivity contribution in [1.29, 1.82) is 0 Å². The monoisotopic (exact) mass is 1010 g/mol. The van der Waals surface area contributed by atoms with Gasteiger partial charge in [-0.25, -0.2) is 4.98 Å². The summed E-state index contributed by atoms with van der Waals surface area (Å²) >= 11 is 29.1. The molecule has 1 aromatic heterocycles. The van der Waals surface area contributed by atoms with E-state index < -0.39 is 0 Å². The lowest BCUT2D eigenvalue weighted by Gasteiger charge is -2.27. The zero-order chi connectivity index (χ0) is 39.9. The number of morpholine rings is 1. The number of ether oxygens (including phenoxy) is 3. The van der Waals surface area contributed by atoms with Crippen molar-refractivity contribution in [2.75, 3.05) is 38.4 Å². The first kappa shape index (κ1) is 41.8. The standard InChI is InChI=1S/C16H13Br2ClN2O.C16H12BrClN2O.C10H10ClNO2/c17-10-5-6-14(12(18)7-10)20-16-9-22-8-15(21-16)11-3-1-2-4-13(11)19;17-10-5-6-13-14(7-10)20-15(8-21-9-16(20)19-13)11-3-1-2-4-12(11)18;11-8-4-2-1-3-7(8)9-5-14-6-10(13)12-9/h1-7,15H,8-9H2,(H,20,21);1-7,15H,8-9H2;1-4,9H,5-6H2,(H,12,13)/t2*15-;9-/m111/s1. The van der Waals surface area contributed by atoms with Crippen LogP contribution < -0.4 is 10.6 Å². The highest BCUT2D eigenvalue weighted by atomic mass is 79.9. The van der Waals surface area contributed by atoms with Crippen LogP contribution in [-0.4, -0.2) is 54.3 Å². The molecule has 5 aromatic carbocycles. The third-order valence-corrected chi connectivity index (χ3v) is 11.9. The molecule has 0 spiro atoms. The van der Waals surface area contributed by atoms with E-state index in [1.54, 1.807) is 6.07 Å². The van der Waals surface area contributed by atoms with Crippen molar-refractivity contribution in [2.24, 2.45) is 4.99 Å². The number of amides is 1. The highest BCUT2D eigenvalue weighted by Gasteiger charge is 2.27. The van der Waals surface area contributed by atoms with Crippen molar-refractivity contribution >= 4 is 111 Å². The number of rotatable bonds is 4. The number of nitrogens with one attached hydrogen (secondary N) is 2. The molecule has 3 aliphatic heterocycles. The van der Waals surface area contributed by atoms with E-state index in [0.29, 0.717) is 43.1 Å². The number of nitrogens with zero attached hydrogens (tertiary/aromatic N) is 3. The first-order valence-electron chi connectivity index (χ1n) is 17.9. The Hall–Kier alpha value is -3.30. The summed E-state index contributed by atoms with van der Waals surface area (Å²) in [6, 6.07) is 35.0. The van der Waals surface area contributed by atoms with E-state index in [0.717, 1.165) is 63.5 Å². The van der Waals surface area contributed by atoms with Gasteiger partial charge in [-0.3, -0.25) is 9.79 Å². The number of carbonyl (C=O) groups excluding carboxylic acids is 1. The molecule has 0 saturated carbocycles. The van der Waals surface area contributed by atoms with Gasteiger partial charge in [0.1, 0.15) is 37.5 Å². The molecule has 6 aromatic rings. The van der Waals surface area contributed by atoms with Crippen LogP contribution in [0, 0.1) is 0 Å². The van der Waals surface area contributed by atoms with Crippen LogP contribution >= 0.6 is 82.6 Å². The summed E-state index contributed by atoms with van der Waals surface area (Å²) < 4.78 is 21.8. The number of hydrogen-bond acceptors (Lipinski definition) is 7. The number of halogens is 6.